The van der Waals surface area contributed by atoms with Crippen LogP contribution in [0.2, 0.25) is 0 Å². The van der Waals surface area contributed by atoms with E-state index in [0.717, 1.165) is 5.69 Å². The van der Waals surface area contributed by atoms with Gasteiger partial charge in [-0.05, 0) is 0 Å². The Hall–Kier alpha value is -0.785. The van der Waals surface area contributed by atoms with Gasteiger partial charge in [-0.25, -0.2) is 0 Å². The SMILES string of the molecule is CC(C)c1bcccc1N. The van der Waals surface area contributed by atoms with Crippen LogP contribution in [0.3, 0.4) is 0 Å². The van der Waals surface area contributed by atoms with Gasteiger partial charge in [0.2, 0.25) is 0 Å². The topological polar surface area (TPSA) is 26.0 Å². The molecule has 1 rings (SSSR count). The summed E-state index contributed by atoms with van der Waals surface area (Å²) in [5.41, 5.74) is 7.86. The van der Waals surface area contributed by atoms with Crippen LogP contribution < -0.4 is 5.73 Å². The first-order valence-electron chi connectivity index (χ1n) is 3.56. The molecule has 0 saturated heterocycles. The van der Waals surface area contributed by atoms with Gasteiger partial charge < -0.3 is 0 Å². The third-order valence-corrected chi connectivity index (χ3v) is 1.62. The minimum absolute atomic E-state index is 0.529. The molecule has 0 aromatic carbocycles. The summed E-state index contributed by atoms with van der Waals surface area (Å²) in [6.07, 6.45) is 0. The molecule has 0 aliphatic heterocycles. The molecule has 0 amide bonds. The van der Waals surface area contributed by atoms with Gasteiger partial charge >= 0.3 is 61.6 Å². The first-order chi connectivity index (χ1) is 4.72. The maximum atomic E-state index is 5.72. The fourth-order valence-electron chi connectivity index (χ4n) is 1.04. The van der Waals surface area contributed by atoms with Crippen molar-refractivity contribution in [2.45, 2.75) is 19.8 Å². The molecule has 1 aromatic rings. The minimum atomic E-state index is 0.529. The van der Waals surface area contributed by atoms with Crippen molar-refractivity contribution >= 4 is 12.6 Å². The van der Waals surface area contributed by atoms with Crippen molar-refractivity contribution in [3.63, 3.8) is 0 Å². The van der Waals surface area contributed by atoms with Gasteiger partial charge in [0.1, 0.15) is 0 Å². The third-order valence-electron chi connectivity index (χ3n) is 1.62. The summed E-state index contributed by atoms with van der Waals surface area (Å²) in [5, 5.41) is 0. The van der Waals surface area contributed by atoms with Crippen molar-refractivity contribution in [2.75, 3.05) is 5.73 Å². The maximum absolute atomic E-state index is 5.72. The average Bonchev–Trinajstić information content (AvgIpc) is 1.88. The molecule has 0 spiro atoms. The second-order valence-corrected chi connectivity index (χ2v) is 2.78. The Kier molecular flexibility index (Phi) is 2.10. The summed E-state index contributed by atoms with van der Waals surface area (Å²) in [6, 6.07) is 3.90. The second-order valence-electron chi connectivity index (χ2n) is 2.78. The zero-order valence-electron chi connectivity index (χ0n) is 6.46. The number of nitrogens with two attached hydrogens (primary N) is 1. The van der Waals surface area contributed by atoms with Crippen LogP contribution in [0.4, 0.5) is 5.69 Å². The molecule has 1 nitrogen and oxygen atoms in total. The van der Waals surface area contributed by atoms with E-state index in [1.54, 1.807) is 0 Å². The van der Waals surface area contributed by atoms with E-state index in [1.807, 2.05) is 18.1 Å². The van der Waals surface area contributed by atoms with Gasteiger partial charge in [0, 0.05) is 0 Å². The molecule has 2 N–H and O–H groups in total. The Morgan fingerprint density at radius 1 is 1.50 bits per heavy atom. The van der Waals surface area contributed by atoms with Crippen LogP contribution in [-0.4, -0.2) is 6.91 Å². The normalized spacial score (nSPS) is 9.90. The van der Waals surface area contributed by atoms with Crippen LogP contribution in [0.1, 0.15) is 25.2 Å². The molecule has 1 heterocycles. The fourth-order valence-corrected chi connectivity index (χ4v) is 1.04. The Morgan fingerprint density at radius 3 is 2.60 bits per heavy atom. The van der Waals surface area contributed by atoms with Gasteiger partial charge in [-0.15, -0.1) is 0 Å². The van der Waals surface area contributed by atoms with Crippen LogP contribution in [-0.2, 0) is 0 Å². The molecule has 0 aliphatic carbocycles. The number of anilines is 1. The van der Waals surface area contributed by atoms with Crippen molar-refractivity contribution in [3.05, 3.63) is 23.6 Å². The number of nitrogen functional groups attached to an aromatic ring is 1. The van der Waals surface area contributed by atoms with Crippen molar-refractivity contribution < 1.29 is 0 Å². The first-order valence-corrected chi connectivity index (χ1v) is 3.56. The number of hydrogen-bond acceptors (Lipinski definition) is 1. The van der Waals surface area contributed by atoms with Crippen LogP contribution in [0.15, 0.2) is 18.1 Å². The predicted octanol–water partition coefficient (Wildman–Crippen LogP) is 1.73. The molecule has 0 unspecified atom stereocenters. The zero-order valence-corrected chi connectivity index (χ0v) is 6.46. The summed E-state index contributed by atoms with van der Waals surface area (Å²) >= 11 is 0. The second kappa shape index (κ2) is 2.87. The molecule has 0 atom stereocenters. The Bertz CT molecular complexity index is 220. The van der Waals surface area contributed by atoms with E-state index in [4.69, 9.17) is 5.73 Å². The zero-order chi connectivity index (χ0) is 7.56. The van der Waals surface area contributed by atoms with Gasteiger partial charge in [0.25, 0.3) is 0 Å². The van der Waals surface area contributed by atoms with E-state index in [0.29, 0.717) is 5.92 Å². The molecule has 1 aromatic heterocycles. The summed E-state index contributed by atoms with van der Waals surface area (Å²) in [7, 11) is 0. The quantitative estimate of drug-likeness (QED) is 0.620. The monoisotopic (exact) mass is 133 g/mol. The van der Waals surface area contributed by atoms with Crippen molar-refractivity contribution in [1.29, 1.82) is 0 Å². The Balaban J connectivity index is 3.03. The van der Waals surface area contributed by atoms with Gasteiger partial charge in [0.15, 0.2) is 0 Å². The van der Waals surface area contributed by atoms with Crippen LogP contribution in [0.25, 0.3) is 0 Å². The van der Waals surface area contributed by atoms with Gasteiger partial charge in [-0.2, -0.15) is 0 Å². The standard InChI is InChI=1S/C8H12BN/c1-6(2)8-7(10)4-3-5-9-8/h3-6H,10H2,1-2H3. The van der Waals surface area contributed by atoms with E-state index in [1.165, 1.54) is 5.46 Å². The van der Waals surface area contributed by atoms with Gasteiger partial charge in [-0.1, -0.05) is 0 Å². The first kappa shape index (κ1) is 7.32. The molecule has 0 aliphatic rings. The third kappa shape index (κ3) is 1.38. The van der Waals surface area contributed by atoms with Crippen molar-refractivity contribution in [2.24, 2.45) is 0 Å². The molecule has 2 heteroatoms. The van der Waals surface area contributed by atoms with Gasteiger partial charge in [-0.3, -0.25) is 0 Å². The molecular weight excluding hydrogens is 121 g/mol. The molecule has 0 radical (unpaired) electrons. The van der Waals surface area contributed by atoms with Crippen molar-refractivity contribution in [1.82, 2.24) is 0 Å². The molecule has 10 heavy (non-hydrogen) atoms. The molecule has 0 saturated carbocycles. The van der Waals surface area contributed by atoms with E-state index < -0.39 is 0 Å². The van der Waals surface area contributed by atoms with E-state index in [-0.39, 0.29) is 0 Å². The Labute approximate surface area is 62.5 Å². The van der Waals surface area contributed by atoms with Crippen LogP contribution in [0, 0.1) is 0 Å². The summed E-state index contributed by atoms with van der Waals surface area (Å²) in [4.78, 5) is 0. The van der Waals surface area contributed by atoms with Gasteiger partial charge in [0.05, 0.1) is 0 Å². The molecule has 0 fully saturated rings. The predicted molar refractivity (Wildman–Crippen MR) is 46.3 cm³/mol. The summed E-state index contributed by atoms with van der Waals surface area (Å²) in [5.74, 6) is 2.55. The number of hydrogen-bond donors (Lipinski definition) is 1. The van der Waals surface area contributed by atoms with E-state index in [2.05, 4.69) is 20.8 Å². The van der Waals surface area contributed by atoms with Crippen LogP contribution >= 0.6 is 0 Å². The Morgan fingerprint density at radius 2 is 2.20 bits per heavy atom. The summed E-state index contributed by atoms with van der Waals surface area (Å²) in [6.45, 7) is 6.36. The molecular formula is C8H12BN. The molecule has 52 valence electrons. The van der Waals surface area contributed by atoms with Crippen molar-refractivity contribution in [3.8, 4) is 0 Å². The fraction of sp³-hybridized carbons (Fsp3) is 0.375. The summed E-state index contributed by atoms with van der Waals surface area (Å²) < 4.78 is 0. The number of rotatable bonds is 1. The average molecular weight is 133 g/mol. The van der Waals surface area contributed by atoms with Crippen LogP contribution in [0.5, 0.6) is 0 Å². The molecule has 0 bridgehead atoms. The van der Waals surface area contributed by atoms with E-state index >= 15 is 0 Å². The van der Waals surface area contributed by atoms with E-state index in [9.17, 15) is 0 Å².